The number of cyclic esters (lactones) is 1. The van der Waals surface area contributed by atoms with Crippen LogP contribution in [0.15, 0.2) is 47.6 Å². The number of ketones is 3. The van der Waals surface area contributed by atoms with E-state index >= 15 is 0 Å². The zero-order chi connectivity index (χ0) is 54.1. The minimum atomic E-state index is -2.49. The molecule has 4 fully saturated rings. The van der Waals surface area contributed by atoms with Crippen molar-refractivity contribution in [3.05, 3.63) is 47.6 Å². The number of carbonyl (C=O) groups excluding carboxylic acids is 6. The summed E-state index contributed by atoms with van der Waals surface area (Å²) in [5, 5.41) is 35.9. The number of hydrogen-bond donors (Lipinski definition) is 4. The van der Waals surface area contributed by atoms with Crippen LogP contribution in [0.2, 0.25) is 0 Å². The largest absolute Gasteiger partial charge is 0.460 e. The number of carbonyl (C=O) groups is 6. The van der Waals surface area contributed by atoms with Gasteiger partial charge in [-0.25, -0.2) is 4.79 Å². The summed E-state index contributed by atoms with van der Waals surface area (Å²) < 4.78 is 36.3. The van der Waals surface area contributed by atoms with E-state index in [2.05, 4.69) is 5.32 Å². The molecule has 0 aromatic carbocycles. The van der Waals surface area contributed by atoms with Crippen LogP contribution in [0.5, 0.6) is 0 Å². The second-order valence-corrected chi connectivity index (χ2v) is 21.8. The molecule has 2 bridgehead atoms. The van der Waals surface area contributed by atoms with Gasteiger partial charge in [-0.3, -0.25) is 24.0 Å². The van der Waals surface area contributed by atoms with Gasteiger partial charge in [0.2, 0.25) is 11.7 Å². The lowest BCUT2D eigenvalue weighted by Gasteiger charge is -2.43. The van der Waals surface area contributed by atoms with E-state index in [-0.39, 0.29) is 93.1 Å². The number of fused-ring (bicyclic) bond motifs is 3. The van der Waals surface area contributed by atoms with Crippen molar-refractivity contribution in [3.63, 3.8) is 0 Å². The van der Waals surface area contributed by atoms with E-state index in [0.717, 1.165) is 18.4 Å². The topological polar surface area (TPSA) is 234 Å². The van der Waals surface area contributed by atoms with E-state index in [1.54, 1.807) is 40.9 Å². The van der Waals surface area contributed by atoms with Crippen LogP contribution in [0, 0.1) is 35.5 Å². The van der Waals surface area contributed by atoms with Gasteiger partial charge in [-0.2, -0.15) is 0 Å². The Bertz CT molecular complexity index is 2020. The Hall–Kier alpha value is -3.94. The molecule has 5 rings (SSSR count). The lowest BCUT2D eigenvalue weighted by molar-refractivity contribution is -0.266. The SMILES string of the molecule is CO[C@@H]1C[C@H](C[C@@H](C)[C@@H]2CC(=O)[C@H](C)/C=C(\C)[C@@H](O)[C@@H](OC)C(=O)[C@H](C)CC/C=C/C=C/C=C(\C)[C@@H](OCCC3CCNC3=O)C[C@@H]3CC[C@@H](C)[C@@](O)(O3)C(=O)C(=O)N3CCCC[C@H]3C(=O)O2)CC[C@H]1OCCO. The number of hydrogen-bond acceptors (Lipinski definition) is 15. The molecule has 15 atom stereocenters. The average molecular weight is 1040 g/mol. The van der Waals surface area contributed by atoms with Crippen LogP contribution in [0.1, 0.15) is 138 Å². The number of rotatable bonds is 12. The molecule has 4 aliphatic heterocycles. The second kappa shape index (κ2) is 29.5. The summed E-state index contributed by atoms with van der Waals surface area (Å²) in [7, 11) is 3.00. The number of nitrogens with one attached hydrogen (secondary N) is 1. The van der Waals surface area contributed by atoms with Gasteiger partial charge < -0.3 is 54.0 Å². The molecule has 416 valence electrons. The maximum absolute atomic E-state index is 14.6. The highest BCUT2D eigenvalue weighted by Gasteiger charge is 2.53. The summed E-state index contributed by atoms with van der Waals surface area (Å²) in [6.45, 7) is 11.7. The second-order valence-electron chi connectivity index (χ2n) is 21.8. The van der Waals surface area contributed by atoms with Gasteiger partial charge in [-0.15, -0.1) is 0 Å². The van der Waals surface area contributed by atoms with E-state index in [0.29, 0.717) is 76.3 Å². The Morgan fingerprint density at radius 1 is 0.865 bits per heavy atom. The quantitative estimate of drug-likeness (QED) is 0.102. The Morgan fingerprint density at radius 3 is 2.34 bits per heavy atom. The zero-order valence-electron chi connectivity index (χ0n) is 45.4. The number of allylic oxidation sites excluding steroid dienone is 6. The molecular weight excluding hydrogens is 953 g/mol. The van der Waals surface area contributed by atoms with Crippen molar-refractivity contribution in [2.45, 2.75) is 192 Å². The maximum atomic E-state index is 14.6. The van der Waals surface area contributed by atoms with Crippen molar-refractivity contribution in [2.75, 3.05) is 47.1 Å². The first kappa shape index (κ1) is 60.9. The molecule has 0 aromatic rings. The normalized spacial score (nSPS) is 37.9. The number of esters is 1. The summed E-state index contributed by atoms with van der Waals surface area (Å²) in [5.41, 5.74) is 1.21. The predicted octanol–water partition coefficient (Wildman–Crippen LogP) is 5.85. The van der Waals surface area contributed by atoms with E-state index in [9.17, 15) is 44.1 Å². The number of Topliss-reactive ketones (excluding diaryl/α,β-unsaturated/α-hetero) is 3. The number of aliphatic hydroxyl groups is 3. The van der Waals surface area contributed by atoms with Gasteiger partial charge in [-0.1, -0.05) is 64.2 Å². The van der Waals surface area contributed by atoms with Crippen molar-refractivity contribution in [2.24, 2.45) is 35.5 Å². The molecule has 0 aromatic heterocycles. The first-order valence-corrected chi connectivity index (χ1v) is 27.4. The number of piperidine rings is 1. The third kappa shape index (κ3) is 16.5. The Balaban J connectivity index is 1.45. The third-order valence-electron chi connectivity index (χ3n) is 16.3. The monoisotopic (exact) mass is 1040 g/mol. The van der Waals surface area contributed by atoms with E-state index in [1.165, 1.54) is 12.0 Å². The molecule has 1 saturated carbocycles. The predicted molar refractivity (Wildman–Crippen MR) is 276 cm³/mol. The summed E-state index contributed by atoms with van der Waals surface area (Å²) in [6.07, 6.45) is 13.2. The smallest absolute Gasteiger partial charge is 0.329 e. The van der Waals surface area contributed by atoms with Crippen LogP contribution < -0.4 is 5.32 Å². The molecule has 1 unspecified atom stereocenters. The summed E-state index contributed by atoms with van der Waals surface area (Å²) in [6, 6.07) is -1.17. The number of methoxy groups -OCH3 is 2. The highest BCUT2D eigenvalue weighted by molar-refractivity contribution is 6.39. The van der Waals surface area contributed by atoms with Gasteiger partial charge in [-0.05, 0) is 120 Å². The van der Waals surface area contributed by atoms with Crippen molar-refractivity contribution < 1.29 is 72.5 Å². The van der Waals surface area contributed by atoms with Gasteiger partial charge in [0.15, 0.2) is 5.78 Å². The number of nitrogens with zero attached hydrogens (tertiary/aromatic N) is 1. The highest BCUT2D eigenvalue weighted by atomic mass is 16.6. The van der Waals surface area contributed by atoms with Gasteiger partial charge in [0.25, 0.3) is 11.7 Å². The molecule has 0 radical (unpaired) electrons. The lowest BCUT2D eigenvalue weighted by Crippen LogP contribution is -2.61. The molecule has 2 amide bonds. The van der Waals surface area contributed by atoms with Crippen molar-refractivity contribution in [1.82, 2.24) is 10.2 Å². The fourth-order valence-corrected chi connectivity index (χ4v) is 11.3. The van der Waals surface area contributed by atoms with Crippen LogP contribution in [0.3, 0.4) is 0 Å². The maximum Gasteiger partial charge on any atom is 0.329 e. The molecule has 74 heavy (non-hydrogen) atoms. The van der Waals surface area contributed by atoms with E-state index in [1.807, 2.05) is 44.2 Å². The molecule has 1 aliphatic carbocycles. The molecule has 0 spiro atoms. The fraction of sp³-hybridized carbons (Fsp3) is 0.754. The first-order valence-electron chi connectivity index (χ1n) is 27.4. The Morgan fingerprint density at radius 2 is 1.64 bits per heavy atom. The Kier molecular flexibility index (Phi) is 24.3. The first-order chi connectivity index (χ1) is 35.3. The summed E-state index contributed by atoms with van der Waals surface area (Å²) >= 11 is 0. The lowest BCUT2D eigenvalue weighted by atomic mass is 9.78. The van der Waals surface area contributed by atoms with Crippen LogP contribution in [-0.2, 0) is 57.2 Å². The summed E-state index contributed by atoms with van der Waals surface area (Å²) in [4.78, 5) is 85.0. The Labute approximate surface area is 439 Å². The van der Waals surface area contributed by atoms with Crippen molar-refractivity contribution in [1.29, 1.82) is 0 Å². The minimum Gasteiger partial charge on any atom is -0.460 e. The molecule has 17 heteroatoms. The van der Waals surface area contributed by atoms with Crippen LogP contribution in [-0.4, -0.2) is 157 Å². The molecule has 5 aliphatic rings. The van der Waals surface area contributed by atoms with E-state index in [4.69, 9.17) is 28.4 Å². The molecule has 4 heterocycles. The number of amides is 2. The average Bonchev–Trinajstić information content (AvgIpc) is 3.80. The number of ether oxygens (including phenoxy) is 6. The van der Waals surface area contributed by atoms with Gasteiger partial charge in [0, 0.05) is 70.4 Å². The van der Waals surface area contributed by atoms with Crippen LogP contribution in [0.25, 0.3) is 0 Å². The molecule has 3 saturated heterocycles. The zero-order valence-corrected chi connectivity index (χ0v) is 45.4. The fourth-order valence-electron chi connectivity index (χ4n) is 11.3. The van der Waals surface area contributed by atoms with Gasteiger partial charge in [0.05, 0.1) is 37.6 Å². The standard InChI is InChI=1S/C57H88N2O15/c1-35-16-12-10-9-11-13-17-36(2)50(62)52(70-8)51(63)39(5)30-37(3)45(61)34-48(38(4)31-41-20-22-46(72-29-27-60)49(32-41)69-7)73-56(67)44-18-14-15-26-59(44)55(66)53(64)57(68)40(6)19-21-43(74-57)33-47(35)71-28-24-42-23-25-58-54(42)65/h9-12,16,30,36-38,40-44,46-49,51-52,60,63,68H,13-15,17-29,31-34H2,1-8H3,(H,58,65)/b11-9+,12-10+,35-16+,39-30+/t36-,37-,38-,40-,41+,42?,43+,44+,46-,47+,48+,49-,51-,52+,57-/m1/s1. The molecule has 17 nitrogen and oxygen atoms in total. The summed E-state index contributed by atoms with van der Waals surface area (Å²) in [5.74, 6) is -8.38. The van der Waals surface area contributed by atoms with Gasteiger partial charge >= 0.3 is 5.97 Å². The van der Waals surface area contributed by atoms with Crippen molar-refractivity contribution in [3.8, 4) is 0 Å². The minimum absolute atomic E-state index is 0.00302. The van der Waals surface area contributed by atoms with E-state index < -0.39 is 77.8 Å². The molecular formula is C57H88N2O15. The highest BCUT2D eigenvalue weighted by Crippen LogP contribution is 2.38. The van der Waals surface area contributed by atoms with Crippen molar-refractivity contribution >= 4 is 35.1 Å². The third-order valence-corrected chi connectivity index (χ3v) is 16.3. The van der Waals surface area contributed by atoms with Gasteiger partial charge in [0.1, 0.15) is 30.1 Å². The molecule has 4 N–H and O–H groups in total. The number of aliphatic hydroxyl groups excluding tert-OH is 2. The van der Waals surface area contributed by atoms with Crippen LogP contribution in [0.4, 0.5) is 0 Å². The van der Waals surface area contributed by atoms with Crippen LogP contribution >= 0.6 is 0 Å².